The Kier molecular flexibility index (Phi) is 5.07. The molecular weight excluding hydrogens is 244 g/mol. The van der Waals surface area contributed by atoms with Crippen molar-refractivity contribution in [2.75, 3.05) is 12.4 Å². The molecule has 0 spiro atoms. The van der Waals surface area contributed by atoms with Gasteiger partial charge in [0.05, 0.1) is 24.4 Å². The van der Waals surface area contributed by atoms with Crippen LogP contribution in [0.25, 0.3) is 0 Å². The lowest BCUT2D eigenvalue weighted by molar-refractivity contribution is -0.119. The predicted octanol–water partition coefficient (Wildman–Crippen LogP) is 2.21. The van der Waals surface area contributed by atoms with E-state index in [4.69, 9.17) is 5.26 Å². The molecule has 1 aromatic rings. The Hall–Kier alpha value is -2.35. The number of rotatable bonds is 4. The Morgan fingerprint density at radius 3 is 2.47 bits per heavy atom. The first-order chi connectivity index (χ1) is 9.01. The summed E-state index contributed by atoms with van der Waals surface area (Å²) in [4.78, 5) is 23.5. The van der Waals surface area contributed by atoms with E-state index >= 15 is 0 Å². The zero-order chi connectivity index (χ0) is 14.4. The van der Waals surface area contributed by atoms with Gasteiger partial charge in [-0.25, -0.2) is 4.79 Å². The van der Waals surface area contributed by atoms with Crippen LogP contribution in [0.15, 0.2) is 24.3 Å². The molecule has 0 bridgehead atoms. The third kappa shape index (κ3) is 3.55. The monoisotopic (exact) mass is 260 g/mol. The molecule has 1 N–H and O–H groups in total. The van der Waals surface area contributed by atoms with E-state index < -0.39 is 17.8 Å². The molecule has 1 amide bonds. The molecule has 0 saturated heterocycles. The van der Waals surface area contributed by atoms with Crippen molar-refractivity contribution in [3.8, 4) is 6.07 Å². The van der Waals surface area contributed by atoms with Gasteiger partial charge in [-0.15, -0.1) is 0 Å². The van der Waals surface area contributed by atoms with Gasteiger partial charge in [0, 0.05) is 0 Å². The topological polar surface area (TPSA) is 79.2 Å². The Morgan fingerprint density at radius 1 is 1.32 bits per heavy atom. The first-order valence-corrected chi connectivity index (χ1v) is 5.89. The van der Waals surface area contributed by atoms with Gasteiger partial charge in [-0.3, -0.25) is 4.79 Å². The SMILES string of the molecule is COC(=O)c1ccccc1NC(=O)C(C#N)C(C)C. The Morgan fingerprint density at radius 2 is 1.95 bits per heavy atom. The van der Waals surface area contributed by atoms with Crippen molar-refractivity contribution in [2.45, 2.75) is 13.8 Å². The molecule has 0 fully saturated rings. The molecule has 100 valence electrons. The van der Waals surface area contributed by atoms with Crippen molar-refractivity contribution >= 4 is 17.6 Å². The minimum atomic E-state index is -0.759. The summed E-state index contributed by atoms with van der Waals surface area (Å²) in [7, 11) is 1.27. The van der Waals surface area contributed by atoms with Gasteiger partial charge in [-0.05, 0) is 18.1 Å². The normalized spacial score (nSPS) is 11.5. The average Bonchev–Trinajstić information content (AvgIpc) is 2.38. The van der Waals surface area contributed by atoms with Crippen LogP contribution in [-0.2, 0) is 9.53 Å². The zero-order valence-electron chi connectivity index (χ0n) is 11.1. The van der Waals surface area contributed by atoms with Crippen molar-refractivity contribution in [1.82, 2.24) is 0 Å². The molecule has 0 aliphatic heterocycles. The van der Waals surface area contributed by atoms with Crippen molar-refractivity contribution in [2.24, 2.45) is 11.8 Å². The summed E-state index contributed by atoms with van der Waals surface area (Å²) in [5.41, 5.74) is 0.610. The van der Waals surface area contributed by atoms with Crippen molar-refractivity contribution in [1.29, 1.82) is 5.26 Å². The molecule has 5 nitrogen and oxygen atoms in total. The van der Waals surface area contributed by atoms with Crippen molar-refractivity contribution in [3.63, 3.8) is 0 Å². The number of benzene rings is 1. The number of ether oxygens (including phenoxy) is 1. The number of amides is 1. The number of esters is 1. The van der Waals surface area contributed by atoms with Crippen LogP contribution in [0.4, 0.5) is 5.69 Å². The molecule has 0 radical (unpaired) electrons. The number of hydrogen-bond donors (Lipinski definition) is 1. The summed E-state index contributed by atoms with van der Waals surface area (Å²) >= 11 is 0. The van der Waals surface area contributed by atoms with Crippen LogP contribution in [-0.4, -0.2) is 19.0 Å². The highest BCUT2D eigenvalue weighted by molar-refractivity contribution is 6.02. The molecule has 0 aliphatic carbocycles. The summed E-state index contributed by atoms with van der Waals surface area (Å²) in [6.07, 6.45) is 0. The van der Waals surface area contributed by atoms with Gasteiger partial charge < -0.3 is 10.1 Å². The maximum absolute atomic E-state index is 12.0. The number of para-hydroxylation sites is 1. The van der Waals surface area contributed by atoms with Gasteiger partial charge in [0.15, 0.2) is 0 Å². The summed E-state index contributed by atoms with van der Waals surface area (Å²) in [6, 6.07) is 8.47. The van der Waals surface area contributed by atoms with Crippen LogP contribution in [0.2, 0.25) is 0 Å². The van der Waals surface area contributed by atoms with Gasteiger partial charge in [0.1, 0.15) is 5.92 Å². The zero-order valence-corrected chi connectivity index (χ0v) is 11.1. The van der Waals surface area contributed by atoms with E-state index in [1.165, 1.54) is 7.11 Å². The van der Waals surface area contributed by atoms with Gasteiger partial charge >= 0.3 is 5.97 Å². The molecule has 0 saturated carbocycles. The molecule has 0 heterocycles. The van der Waals surface area contributed by atoms with Crippen LogP contribution in [0.1, 0.15) is 24.2 Å². The van der Waals surface area contributed by atoms with Crippen molar-refractivity contribution < 1.29 is 14.3 Å². The van der Waals surface area contributed by atoms with E-state index in [1.54, 1.807) is 38.1 Å². The molecule has 0 aliphatic rings. The van der Waals surface area contributed by atoms with Gasteiger partial charge in [0.2, 0.25) is 5.91 Å². The lowest BCUT2D eigenvalue weighted by Gasteiger charge is -2.14. The number of hydrogen-bond acceptors (Lipinski definition) is 4. The number of nitrogens with one attached hydrogen (secondary N) is 1. The van der Waals surface area contributed by atoms with E-state index in [1.807, 2.05) is 6.07 Å². The number of nitrogens with zero attached hydrogens (tertiary/aromatic N) is 1. The second-order valence-electron chi connectivity index (χ2n) is 4.38. The Bertz CT molecular complexity index is 518. The molecule has 5 heteroatoms. The number of anilines is 1. The largest absolute Gasteiger partial charge is 0.465 e. The fraction of sp³-hybridized carbons (Fsp3) is 0.357. The second kappa shape index (κ2) is 6.55. The van der Waals surface area contributed by atoms with Crippen LogP contribution in [0.3, 0.4) is 0 Å². The number of carbonyl (C=O) groups excluding carboxylic acids is 2. The fourth-order valence-corrected chi connectivity index (χ4v) is 1.60. The van der Waals surface area contributed by atoms with Gasteiger partial charge in [-0.2, -0.15) is 5.26 Å². The highest BCUT2D eigenvalue weighted by Gasteiger charge is 2.23. The first kappa shape index (κ1) is 14.7. The molecule has 1 rings (SSSR count). The minimum Gasteiger partial charge on any atom is -0.465 e. The second-order valence-corrected chi connectivity index (χ2v) is 4.38. The Balaban J connectivity index is 2.97. The Labute approximate surface area is 112 Å². The quantitative estimate of drug-likeness (QED) is 0.842. The summed E-state index contributed by atoms with van der Waals surface area (Å²) < 4.78 is 4.64. The molecular formula is C14H16N2O3. The summed E-state index contributed by atoms with van der Waals surface area (Å²) in [5.74, 6) is -1.82. The number of methoxy groups -OCH3 is 1. The smallest absolute Gasteiger partial charge is 0.339 e. The molecule has 1 aromatic carbocycles. The molecule has 1 atom stereocenters. The molecule has 1 unspecified atom stereocenters. The van der Waals surface area contributed by atoms with E-state index in [0.29, 0.717) is 5.69 Å². The predicted molar refractivity (Wildman–Crippen MR) is 70.4 cm³/mol. The van der Waals surface area contributed by atoms with Crippen LogP contribution in [0, 0.1) is 23.2 Å². The highest BCUT2D eigenvalue weighted by atomic mass is 16.5. The van der Waals surface area contributed by atoms with Crippen LogP contribution < -0.4 is 5.32 Å². The molecule has 0 aromatic heterocycles. The lowest BCUT2D eigenvalue weighted by Crippen LogP contribution is -2.26. The fourth-order valence-electron chi connectivity index (χ4n) is 1.60. The lowest BCUT2D eigenvalue weighted by atomic mass is 9.96. The number of carbonyl (C=O) groups is 2. The number of nitriles is 1. The van der Waals surface area contributed by atoms with E-state index in [-0.39, 0.29) is 11.5 Å². The van der Waals surface area contributed by atoms with Gasteiger partial charge in [-0.1, -0.05) is 26.0 Å². The third-order valence-electron chi connectivity index (χ3n) is 2.68. The maximum atomic E-state index is 12.0. The maximum Gasteiger partial charge on any atom is 0.339 e. The van der Waals surface area contributed by atoms with Crippen LogP contribution in [0.5, 0.6) is 0 Å². The highest BCUT2D eigenvalue weighted by Crippen LogP contribution is 2.19. The third-order valence-corrected chi connectivity index (χ3v) is 2.68. The summed E-state index contributed by atoms with van der Waals surface area (Å²) in [5, 5.41) is 11.6. The van der Waals surface area contributed by atoms with Gasteiger partial charge in [0.25, 0.3) is 0 Å². The van der Waals surface area contributed by atoms with E-state index in [0.717, 1.165) is 0 Å². The van der Waals surface area contributed by atoms with E-state index in [2.05, 4.69) is 10.1 Å². The standard InChI is InChI=1S/C14H16N2O3/c1-9(2)11(8-15)13(17)16-12-7-5-4-6-10(12)14(18)19-3/h4-7,9,11H,1-3H3,(H,16,17). The first-order valence-electron chi connectivity index (χ1n) is 5.89. The molecule has 19 heavy (non-hydrogen) atoms. The van der Waals surface area contributed by atoms with Crippen LogP contribution >= 0.6 is 0 Å². The minimum absolute atomic E-state index is 0.102. The van der Waals surface area contributed by atoms with E-state index in [9.17, 15) is 9.59 Å². The average molecular weight is 260 g/mol. The van der Waals surface area contributed by atoms with Crippen molar-refractivity contribution in [3.05, 3.63) is 29.8 Å². The summed E-state index contributed by atoms with van der Waals surface area (Å²) in [6.45, 7) is 3.58.